The van der Waals surface area contributed by atoms with E-state index in [0.29, 0.717) is 13.1 Å². The lowest BCUT2D eigenvalue weighted by Crippen LogP contribution is -2.35. The number of aryl methyl sites for hydroxylation is 1. The highest BCUT2D eigenvalue weighted by molar-refractivity contribution is 5.79. The number of rotatable bonds is 5. The molecule has 2 aromatic rings. The fourth-order valence-electron chi connectivity index (χ4n) is 2.01. The molecule has 1 heterocycles. The summed E-state index contributed by atoms with van der Waals surface area (Å²) in [7, 11) is 3.80. The minimum Gasteiger partial charge on any atom is -0.340 e. The second-order valence-electron chi connectivity index (χ2n) is 4.71. The third-order valence-corrected chi connectivity index (χ3v) is 3.16. The van der Waals surface area contributed by atoms with E-state index in [2.05, 4.69) is 10.3 Å². The fourth-order valence-corrected chi connectivity index (χ4v) is 2.01. The van der Waals surface area contributed by atoms with Crippen LogP contribution in [0.3, 0.4) is 0 Å². The van der Waals surface area contributed by atoms with Gasteiger partial charge in [-0.1, -0.05) is 13.0 Å². The van der Waals surface area contributed by atoms with Gasteiger partial charge in [-0.2, -0.15) is 0 Å². The van der Waals surface area contributed by atoms with Crippen molar-refractivity contribution in [3.8, 4) is 0 Å². The van der Waals surface area contributed by atoms with E-state index >= 15 is 0 Å². The van der Waals surface area contributed by atoms with Crippen LogP contribution in [-0.2, 0) is 18.4 Å². The average Bonchev–Trinajstić information content (AvgIpc) is 2.77. The van der Waals surface area contributed by atoms with Gasteiger partial charge >= 0.3 is 0 Å². The number of nitrogens with zero attached hydrogens (tertiary/aromatic N) is 3. The number of benzene rings is 1. The number of likely N-dealkylation sites (N-methyl/N-ethyl adjacent to an activating group) is 2. The molecule has 0 radical (unpaired) electrons. The summed E-state index contributed by atoms with van der Waals surface area (Å²) in [6, 6.07) is 6.12. The minimum atomic E-state index is 0.1000. The van der Waals surface area contributed by atoms with Crippen LogP contribution in [0.15, 0.2) is 24.5 Å². The Kier molecular flexibility index (Phi) is 4.16. The van der Waals surface area contributed by atoms with Crippen molar-refractivity contribution in [1.82, 2.24) is 19.8 Å². The molecule has 2 rings (SSSR count). The minimum absolute atomic E-state index is 0.1000. The van der Waals surface area contributed by atoms with E-state index in [4.69, 9.17) is 0 Å². The Morgan fingerprint density at radius 1 is 1.47 bits per heavy atom. The van der Waals surface area contributed by atoms with Gasteiger partial charge in [-0.15, -0.1) is 0 Å². The summed E-state index contributed by atoms with van der Waals surface area (Å²) < 4.78 is 1.99. The van der Waals surface area contributed by atoms with Crippen LogP contribution in [0.2, 0.25) is 0 Å². The predicted octanol–water partition coefficient (Wildman–Crippen LogP) is 1.14. The van der Waals surface area contributed by atoms with Gasteiger partial charge in [-0.25, -0.2) is 4.98 Å². The van der Waals surface area contributed by atoms with Crippen LogP contribution >= 0.6 is 0 Å². The summed E-state index contributed by atoms with van der Waals surface area (Å²) >= 11 is 0. The molecule has 5 heteroatoms. The lowest BCUT2D eigenvalue weighted by molar-refractivity contribution is -0.129. The van der Waals surface area contributed by atoms with Gasteiger partial charge in [0.1, 0.15) is 0 Å². The van der Waals surface area contributed by atoms with Crippen molar-refractivity contribution in [3.63, 3.8) is 0 Å². The van der Waals surface area contributed by atoms with Crippen LogP contribution in [0, 0.1) is 0 Å². The number of carbonyl (C=O) groups excluding carboxylic acids is 1. The first kappa shape index (κ1) is 13.5. The zero-order valence-corrected chi connectivity index (χ0v) is 11.7. The standard InChI is InChI=1S/C14H20N4O/c1-4-15-8-14(19)17(2)9-11-5-6-13-12(7-11)16-10-18(13)3/h5-7,10,15H,4,8-9H2,1-3H3. The van der Waals surface area contributed by atoms with Gasteiger partial charge in [0.05, 0.1) is 23.9 Å². The first-order chi connectivity index (χ1) is 9.11. The Morgan fingerprint density at radius 2 is 2.26 bits per heavy atom. The van der Waals surface area contributed by atoms with Crippen LogP contribution in [0.4, 0.5) is 0 Å². The molecular weight excluding hydrogens is 240 g/mol. The van der Waals surface area contributed by atoms with E-state index in [-0.39, 0.29) is 5.91 Å². The van der Waals surface area contributed by atoms with Crippen LogP contribution in [-0.4, -0.2) is 40.5 Å². The number of carbonyl (C=O) groups is 1. The summed E-state index contributed by atoms with van der Waals surface area (Å²) in [4.78, 5) is 17.9. The quantitative estimate of drug-likeness (QED) is 0.877. The molecule has 0 unspecified atom stereocenters. The monoisotopic (exact) mass is 260 g/mol. The van der Waals surface area contributed by atoms with E-state index < -0.39 is 0 Å². The second kappa shape index (κ2) is 5.84. The molecule has 5 nitrogen and oxygen atoms in total. The summed E-state index contributed by atoms with van der Waals surface area (Å²) in [6.07, 6.45) is 1.80. The fraction of sp³-hybridized carbons (Fsp3) is 0.429. The summed E-state index contributed by atoms with van der Waals surface area (Å²) in [5, 5.41) is 3.04. The van der Waals surface area contributed by atoms with E-state index in [1.54, 1.807) is 11.2 Å². The van der Waals surface area contributed by atoms with Gasteiger partial charge in [0.2, 0.25) is 5.91 Å². The molecule has 0 saturated heterocycles. The van der Waals surface area contributed by atoms with Crippen molar-refractivity contribution in [1.29, 1.82) is 0 Å². The smallest absolute Gasteiger partial charge is 0.236 e. The van der Waals surface area contributed by atoms with Crippen molar-refractivity contribution in [2.45, 2.75) is 13.5 Å². The van der Waals surface area contributed by atoms with Gasteiger partial charge in [0, 0.05) is 20.6 Å². The Labute approximate surface area is 113 Å². The second-order valence-corrected chi connectivity index (χ2v) is 4.71. The third kappa shape index (κ3) is 3.12. The molecule has 0 aliphatic heterocycles. The SMILES string of the molecule is CCNCC(=O)N(C)Cc1ccc2c(c1)ncn2C. The molecule has 19 heavy (non-hydrogen) atoms. The zero-order chi connectivity index (χ0) is 13.8. The summed E-state index contributed by atoms with van der Waals surface area (Å²) in [5.74, 6) is 0.1000. The molecule has 1 aromatic heterocycles. The highest BCUT2D eigenvalue weighted by atomic mass is 16.2. The van der Waals surface area contributed by atoms with Crippen molar-refractivity contribution in [2.75, 3.05) is 20.1 Å². The van der Waals surface area contributed by atoms with E-state index in [0.717, 1.165) is 23.1 Å². The number of fused-ring (bicyclic) bond motifs is 1. The number of aromatic nitrogens is 2. The van der Waals surface area contributed by atoms with Crippen LogP contribution < -0.4 is 5.32 Å². The van der Waals surface area contributed by atoms with Gasteiger partial charge < -0.3 is 14.8 Å². The highest BCUT2D eigenvalue weighted by Crippen LogP contribution is 2.14. The number of hydrogen-bond acceptors (Lipinski definition) is 3. The van der Waals surface area contributed by atoms with E-state index in [1.165, 1.54) is 0 Å². The van der Waals surface area contributed by atoms with Crippen LogP contribution in [0.5, 0.6) is 0 Å². The van der Waals surface area contributed by atoms with Gasteiger partial charge in [0.15, 0.2) is 0 Å². The van der Waals surface area contributed by atoms with Gasteiger partial charge in [0.25, 0.3) is 0 Å². The number of nitrogens with one attached hydrogen (secondary N) is 1. The molecule has 1 N–H and O–H groups in total. The predicted molar refractivity (Wildman–Crippen MR) is 75.7 cm³/mol. The number of amides is 1. The number of hydrogen-bond donors (Lipinski definition) is 1. The maximum absolute atomic E-state index is 11.8. The van der Waals surface area contributed by atoms with Gasteiger partial charge in [-0.05, 0) is 24.2 Å². The van der Waals surface area contributed by atoms with Crippen molar-refractivity contribution < 1.29 is 4.79 Å². The Bertz CT molecular complexity index is 576. The van der Waals surface area contributed by atoms with Crippen LogP contribution in [0.1, 0.15) is 12.5 Å². The molecule has 1 aromatic carbocycles. The topological polar surface area (TPSA) is 50.2 Å². The Balaban J connectivity index is 2.06. The summed E-state index contributed by atoms with van der Waals surface area (Å²) in [6.45, 7) is 3.79. The maximum Gasteiger partial charge on any atom is 0.236 e. The summed E-state index contributed by atoms with van der Waals surface area (Å²) in [5.41, 5.74) is 3.16. The largest absolute Gasteiger partial charge is 0.340 e. The van der Waals surface area contributed by atoms with Gasteiger partial charge in [-0.3, -0.25) is 4.79 Å². The van der Waals surface area contributed by atoms with E-state index in [1.807, 2.05) is 43.8 Å². The lowest BCUT2D eigenvalue weighted by Gasteiger charge is -2.17. The lowest BCUT2D eigenvalue weighted by atomic mass is 10.2. The van der Waals surface area contributed by atoms with Crippen molar-refractivity contribution in [2.24, 2.45) is 7.05 Å². The Hall–Kier alpha value is -1.88. The molecule has 1 amide bonds. The normalized spacial score (nSPS) is 10.9. The molecule has 0 aliphatic carbocycles. The highest BCUT2D eigenvalue weighted by Gasteiger charge is 2.09. The first-order valence-electron chi connectivity index (χ1n) is 6.46. The van der Waals surface area contributed by atoms with Crippen molar-refractivity contribution in [3.05, 3.63) is 30.1 Å². The molecule has 102 valence electrons. The molecule has 0 fully saturated rings. The maximum atomic E-state index is 11.8. The molecule has 0 aliphatic rings. The average molecular weight is 260 g/mol. The number of imidazole rings is 1. The van der Waals surface area contributed by atoms with Crippen LogP contribution in [0.25, 0.3) is 11.0 Å². The zero-order valence-electron chi connectivity index (χ0n) is 11.7. The Morgan fingerprint density at radius 3 is 3.00 bits per heavy atom. The third-order valence-electron chi connectivity index (χ3n) is 3.16. The molecular formula is C14H20N4O. The molecule has 0 spiro atoms. The molecule has 0 atom stereocenters. The molecule has 0 saturated carbocycles. The first-order valence-corrected chi connectivity index (χ1v) is 6.46. The van der Waals surface area contributed by atoms with E-state index in [9.17, 15) is 4.79 Å². The van der Waals surface area contributed by atoms with Crippen molar-refractivity contribution >= 4 is 16.9 Å². The molecule has 0 bridgehead atoms.